The maximum absolute atomic E-state index is 14.3. The van der Waals surface area contributed by atoms with Gasteiger partial charge in [0.25, 0.3) is 0 Å². The second-order valence-corrected chi connectivity index (χ2v) is 24.6. The molecule has 0 aromatic heterocycles. The Bertz CT molecular complexity index is 3140. The van der Waals surface area contributed by atoms with Crippen LogP contribution in [0.3, 0.4) is 0 Å². The molecule has 6 amide bonds. The van der Waals surface area contributed by atoms with Crippen LogP contribution in [0.2, 0.25) is 0 Å². The smallest absolute Gasteiger partial charge is 0.383 e. The molecular weight excluding hydrogens is 1120 g/mol. The summed E-state index contributed by atoms with van der Waals surface area (Å²) in [5.41, 5.74) is 4.76. The summed E-state index contributed by atoms with van der Waals surface area (Å²) < 4.78 is 40.1. The van der Waals surface area contributed by atoms with Crippen LogP contribution in [0, 0.1) is 6.92 Å². The van der Waals surface area contributed by atoms with Crippen molar-refractivity contribution in [1.29, 1.82) is 0 Å². The Morgan fingerprint density at radius 3 is 1.47 bits per heavy atom. The van der Waals surface area contributed by atoms with E-state index >= 15 is 0 Å². The summed E-state index contributed by atoms with van der Waals surface area (Å²) in [6.45, 7) is 15.5. The highest BCUT2D eigenvalue weighted by atomic mass is 32.2. The van der Waals surface area contributed by atoms with E-state index in [0.29, 0.717) is 63.9 Å². The first-order valence-corrected chi connectivity index (χ1v) is 32.2. The Hall–Kier alpha value is -7.55. The number of likely N-dealkylation sites (N-methyl/N-ethyl adjacent to an activating group) is 2. The van der Waals surface area contributed by atoms with Gasteiger partial charge in [0.15, 0.2) is 0 Å². The molecule has 2 heterocycles. The summed E-state index contributed by atoms with van der Waals surface area (Å²) in [5, 5.41) is 15.1. The number of para-hydroxylation sites is 2. The number of amides is 6. The third kappa shape index (κ3) is 20.8. The Morgan fingerprint density at radius 1 is 0.540 bits per heavy atom. The normalized spacial score (nSPS) is 23.1. The Labute approximate surface area is 516 Å². The molecule has 87 heavy (non-hydrogen) atoms. The highest BCUT2D eigenvalue weighted by Gasteiger charge is 2.38. The number of hydrogen-bond donors (Lipinski definition) is 5. The fraction of sp³-hybridized carbons (Fsp3) is 0.463. The summed E-state index contributed by atoms with van der Waals surface area (Å²) in [5.74, 6) is -0.521. The van der Waals surface area contributed by atoms with Crippen LogP contribution < -0.4 is 36.1 Å². The van der Waals surface area contributed by atoms with E-state index in [4.69, 9.17) is 9.47 Å². The van der Waals surface area contributed by atoms with Crippen molar-refractivity contribution in [1.82, 2.24) is 41.2 Å². The first-order chi connectivity index (χ1) is 41.7. The lowest BCUT2D eigenvalue weighted by molar-refractivity contribution is -0.142. The summed E-state index contributed by atoms with van der Waals surface area (Å²) >= 11 is 0. The van der Waals surface area contributed by atoms with Crippen molar-refractivity contribution in [2.75, 3.05) is 40.3 Å². The third-order valence-electron chi connectivity index (χ3n) is 15.8. The molecule has 1 radical (unpaired) electrons. The minimum Gasteiger partial charge on any atom is -0.489 e. The number of carbonyl (C=O) groups is 6. The summed E-state index contributed by atoms with van der Waals surface area (Å²) in [4.78, 5) is 85.7. The van der Waals surface area contributed by atoms with Gasteiger partial charge in [0.05, 0.1) is 17.0 Å². The molecule has 18 nitrogen and oxygen atoms in total. The zero-order chi connectivity index (χ0) is 63.0. The Kier molecular flexibility index (Phi) is 26.9. The van der Waals surface area contributed by atoms with Crippen LogP contribution >= 0.6 is 0 Å². The molecule has 0 unspecified atom stereocenters. The van der Waals surface area contributed by atoms with Gasteiger partial charge in [-0.2, -0.15) is 0 Å². The minimum absolute atomic E-state index is 0.0967. The van der Waals surface area contributed by atoms with Gasteiger partial charge in [-0.1, -0.05) is 141 Å². The lowest BCUT2D eigenvalue weighted by atomic mass is 10.0. The number of nitrogens with zero attached hydrogens (tertiary/aromatic N) is 3. The maximum Gasteiger partial charge on any atom is 0.383 e. The van der Waals surface area contributed by atoms with Crippen molar-refractivity contribution in [2.24, 2.45) is 0 Å². The van der Waals surface area contributed by atoms with Crippen LogP contribution in [-0.2, 0) is 64.1 Å². The van der Waals surface area contributed by atoms with Gasteiger partial charge in [-0.05, 0) is 120 Å². The standard InChI is InChI=1S/C37H48BN4O6S.C30H42N4O4/c1-6-13-33-37(45)41(5)28(4)35(43)40-32(24-29-14-8-7-9-15-29)36(44)39-23-12-17-30-16-10-11-18-34(30)48-27(3)25-42(33)38-49(46,47)31-21-19-26(2)20-22-31;1-5-12-25-30(37)34(4)22(3)28(35)33-26(19-23-13-7-6-8-14-23)29(36)31-18-11-16-24-15-9-10-17-27(24)38-21(2)20-32-25/h7-11,14-16,18-22,27-28,32-33H,6,12-13,17,23-25H2,1-5H3,(H,39,44)(H,40,43);6-10,13-15,17,21-22,25-26,32H,5,11-12,16,18-20H2,1-4H3,(H,31,36)(H,33,35)/t27-,28-,32-,33+;21-,22-,25+,26-/m11/s1. The molecule has 5 aromatic rings. The van der Waals surface area contributed by atoms with Crippen LogP contribution in [0.15, 0.2) is 138 Å². The maximum atomic E-state index is 14.3. The summed E-state index contributed by atoms with van der Waals surface area (Å²) in [6, 6.07) is 36.5. The van der Waals surface area contributed by atoms with Crippen molar-refractivity contribution in [2.45, 2.75) is 166 Å². The van der Waals surface area contributed by atoms with Gasteiger partial charge < -0.3 is 50.7 Å². The molecule has 467 valence electrons. The molecule has 8 atom stereocenters. The number of rotatable bonds is 11. The third-order valence-corrected chi connectivity index (χ3v) is 17.2. The first kappa shape index (κ1) is 68.6. The Morgan fingerprint density at radius 2 is 0.989 bits per heavy atom. The van der Waals surface area contributed by atoms with E-state index in [9.17, 15) is 37.2 Å². The van der Waals surface area contributed by atoms with Crippen molar-refractivity contribution >= 4 is 51.8 Å². The molecule has 5 N–H and O–H groups in total. The predicted octanol–water partition coefficient (Wildman–Crippen LogP) is 6.73. The molecule has 2 aliphatic rings. The van der Waals surface area contributed by atoms with E-state index in [-0.39, 0.29) is 47.6 Å². The number of aryl methyl sites for hydroxylation is 3. The van der Waals surface area contributed by atoms with Crippen molar-refractivity contribution in [3.63, 3.8) is 0 Å². The van der Waals surface area contributed by atoms with Crippen LogP contribution in [0.25, 0.3) is 0 Å². The monoisotopic (exact) mass is 1210 g/mol. The molecular formula is C67H90BN8O10S. The molecule has 2 aliphatic heterocycles. The largest absolute Gasteiger partial charge is 0.489 e. The summed E-state index contributed by atoms with van der Waals surface area (Å²) in [6.07, 6.45) is 5.05. The lowest BCUT2D eigenvalue weighted by Crippen LogP contribution is -2.58. The van der Waals surface area contributed by atoms with Gasteiger partial charge in [-0.15, -0.1) is 0 Å². The molecule has 0 bridgehead atoms. The number of nitrogens with one attached hydrogen (secondary N) is 5. The SMILES string of the molecule is CCC[C@@H]1NC[C@@H](C)Oc2ccccc2CCCNC(=O)[C@@H](Cc2ccccc2)NC(=O)[C@@H](C)N(C)C1=O.CCC[C@H]1C(=O)N(C)[C@H](C)C(=O)N[C@H](Cc2ccccc2)C(=O)NCCCc2ccccc2O[C@H](C)CN1[B]S(=O)(=O)c1ccc(C)cc1. The van der Waals surface area contributed by atoms with Crippen LogP contribution in [0.4, 0.5) is 0 Å². The molecule has 5 aromatic carbocycles. The molecule has 0 spiro atoms. The molecule has 0 fully saturated rings. The van der Waals surface area contributed by atoms with Crippen LogP contribution in [0.5, 0.6) is 11.5 Å². The van der Waals surface area contributed by atoms with E-state index in [1.807, 2.05) is 144 Å². The molecule has 0 aliphatic carbocycles. The van der Waals surface area contributed by atoms with E-state index in [1.165, 1.54) is 16.8 Å². The van der Waals surface area contributed by atoms with E-state index in [1.54, 1.807) is 50.0 Å². The average Bonchev–Trinajstić information content (AvgIpc) is 2.12. The van der Waals surface area contributed by atoms with Gasteiger partial charge >= 0.3 is 6.69 Å². The van der Waals surface area contributed by atoms with Gasteiger partial charge in [0.2, 0.25) is 35.4 Å². The number of carbonyl (C=O) groups excluding carboxylic acids is 6. The van der Waals surface area contributed by atoms with E-state index in [2.05, 4.69) is 26.6 Å². The van der Waals surface area contributed by atoms with Crippen molar-refractivity contribution in [3.8, 4) is 11.5 Å². The van der Waals surface area contributed by atoms with Crippen LogP contribution in [0.1, 0.15) is 108 Å². The highest BCUT2D eigenvalue weighted by Crippen LogP contribution is 2.25. The Balaban J connectivity index is 0.000000287. The molecule has 0 saturated heterocycles. The highest BCUT2D eigenvalue weighted by molar-refractivity contribution is 8.14. The van der Waals surface area contributed by atoms with Gasteiger partial charge in [0, 0.05) is 53.1 Å². The fourth-order valence-corrected chi connectivity index (χ4v) is 11.7. The van der Waals surface area contributed by atoms with Gasteiger partial charge in [0.1, 0.15) is 57.6 Å². The molecule has 20 heteroatoms. The quantitative estimate of drug-likeness (QED) is 0.0869. The average molecular weight is 1210 g/mol. The summed E-state index contributed by atoms with van der Waals surface area (Å²) in [7, 11) is -0.800. The van der Waals surface area contributed by atoms with Gasteiger partial charge in [-0.25, -0.2) is 8.42 Å². The number of hydrogen-bond acceptors (Lipinski definition) is 12. The van der Waals surface area contributed by atoms with Crippen molar-refractivity contribution < 1.29 is 46.7 Å². The predicted molar refractivity (Wildman–Crippen MR) is 341 cm³/mol. The fourth-order valence-electron chi connectivity index (χ4n) is 10.4. The minimum atomic E-state index is -3.97. The van der Waals surface area contributed by atoms with E-state index < -0.39 is 63.9 Å². The van der Waals surface area contributed by atoms with Gasteiger partial charge in [-0.3, -0.25) is 28.8 Å². The second-order valence-electron chi connectivity index (χ2n) is 22.8. The number of ether oxygens (including phenoxy) is 2. The molecule has 7 rings (SSSR count). The van der Waals surface area contributed by atoms with Crippen molar-refractivity contribution in [3.05, 3.63) is 161 Å². The zero-order valence-corrected chi connectivity index (χ0v) is 52.9. The zero-order valence-electron chi connectivity index (χ0n) is 52.1. The van der Waals surface area contributed by atoms with E-state index in [0.717, 1.165) is 59.5 Å². The lowest BCUT2D eigenvalue weighted by Gasteiger charge is -2.36. The number of benzene rings is 5. The second kappa shape index (κ2) is 34.1. The topological polar surface area (TPSA) is 225 Å². The number of fused-ring (bicyclic) bond motifs is 2. The van der Waals surface area contributed by atoms with Crippen LogP contribution in [-0.4, -0.2) is 154 Å². The first-order valence-electron chi connectivity index (χ1n) is 30.6. The molecule has 0 saturated carbocycles.